The van der Waals surface area contributed by atoms with Gasteiger partial charge in [0.2, 0.25) is 0 Å². The van der Waals surface area contributed by atoms with E-state index in [9.17, 15) is 5.11 Å². The molecular weight excluding hydrogens is 428 g/mol. The zero-order valence-electron chi connectivity index (χ0n) is 15.2. The smallest absolute Gasteiger partial charge is 0.169 e. The van der Waals surface area contributed by atoms with Crippen molar-refractivity contribution in [3.05, 3.63) is 46.5 Å². The number of hydrogen-bond donors (Lipinski definition) is 2. The van der Waals surface area contributed by atoms with Crippen molar-refractivity contribution < 1.29 is 14.6 Å². The van der Waals surface area contributed by atoms with Crippen molar-refractivity contribution in [1.29, 1.82) is 0 Å². The highest BCUT2D eigenvalue weighted by Crippen LogP contribution is 2.57. The monoisotopic (exact) mass is 450 g/mol. The van der Waals surface area contributed by atoms with Crippen LogP contribution in [0.4, 0.5) is 0 Å². The van der Waals surface area contributed by atoms with Gasteiger partial charge in [0.15, 0.2) is 16.6 Å². The SMILES string of the molecule is C=CCNC(=S)N1CC[C@@]23C=C[C@@H](O)C[C@@H]2Oc2c(OC)cc(Br)c(c23)C1. The summed E-state index contributed by atoms with van der Waals surface area (Å²) in [5, 5.41) is 14.1. The van der Waals surface area contributed by atoms with Gasteiger partial charge in [-0.25, -0.2) is 0 Å². The van der Waals surface area contributed by atoms with Crippen molar-refractivity contribution in [3.63, 3.8) is 0 Å². The molecule has 2 N–H and O–H groups in total. The Balaban J connectivity index is 1.83. The van der Waals surface area contributed by atoms with E-state index in [2.05, 4.69) is 38.8 Å². The summed E-state index contributed by atoms with van der Waals surface area (Å²) >= 11 is 9.35. The van der Waals surface area contributed by atoms with Gasteiger partial charge in [-0.1, -0.05) is 34.2 Å². The second kappa shape index (κ2) is 7.11. The van der Waals surface area contributed by atoms with E-state index in [1.54, 1.807) is 13.2 Å². The van der Waals surface area contributed by atoms with Crippen LogP contribution in [-0.4, -0.2) is 47.5 Å². The first-order valence-electron chi connectivity index (χ1n) is 9.07. The Hall–Kier alpha value is -1.57. The molecule has 0 saturated heterocycles. The number of ether oxygens (including phenoxy) is 2. The first-order valence-corrected chi connectivity index (χ1v) is 10.3. The third-order valence-electron chi connectivity index (χ3n) is 5.72. The Labute approximate surface area is 173 Å². The van der Waals surface area contributed by atoms with Gasteiger partial charge < -0.3 is 24.8 Å². The molecule has 5 nitrogen and oxygen atoms in total. The van der Waals surface area contributed by atoms with Crippen molar-refractivity contribution in [3.8, 4) is 11.5 Å². The van der Waals surface area contributed by atoms with E-state index in [-0.39, 0.29) is 11.5 Å². The lowest BCUT2D eigenvalue weighted by Crippen LogP contribution is -2.44. The van der Waals surface area contributed by atoms with Crippen molar-refractivity contribution in [2.75, 3.05) is 20.2 Å². The van der Waals surface area contributed by atoms with E-state index in [0.29, 0.717) is 19.5 Å². The second-order valence-corrected chi connectivity index (χ2v) is 8.44. The van der Waals surface area contributed by atoms with Gasteiger partial charge in [-0.3, -0.25) is 0 Å². The van der Waals surface area contributed by atoms with Crippen LogP contribution >= 0.6 is 28.1 Å². The van der Waals surface area contributed by atoms with E-state index in [1.807, 2.05) is 12.1 Å². The number of hydrogen-bond acceptors (Lipinski definition) is 4. The number of thiocarbonyl (C=S) groups is 1. The summed E-state index contributed by atoms with van der Waals surface area (Å²) in [7, 11) is 1.66. The molecule has 1 aromatic carbocycles. The molecule has 0 fully saturated rings. The summed E-state index contributed by atoms with van der Waals surface area (Å²) < 4.78 is 12.9. The van der Waals surface area contributed by atoms with Crippen LogP contribution in [0.1, 0.15) is 24.0 Å². The number of rotatable bonds is 3. The van der Waals surface area contributed by atoms with Gasteiger partial charge >= 0.3 is 0 Å². The minimum absolute atomic E-state index is 0.107. The number of benzene rings is 1. The third kappa shape index (κ3) is 2.96. The minimum atomic E-state index is -0.484. The molecule has 2 heterocycles. The molecule has 1 spiro atoms. The van der Waals surface area contributed by atoms with Crippen LogP contribution in [0.2, 0.25) is 0 Å². The molecule has 7 heteroatoms. The maximum absolute atomic E-state index is 10.2. The van der Waals surface area contributed by atoms with E-state index >= 15 is 0 Å². The van der Waals surface area contributed by atoms with Crippen LogP contribution in [0.15, 0.2) is 35.3 Å². The zero-order chi connectivity index (χ0) is 19.2. The van der Waals surface area contributed by atoms with E-state index in [1.165, 1.54) is 0 Å². The molecule has 0 unspecified atom stereocenters. The van der Waals surface area contributed by atoms with Crippen LogP contribution in [0.25, 0.3) is 0 Å². The summed E-state index contributed by atoms with van der Waals surface area (Å²) in [4.78, 5) is 2.19. The molecule has 3 atom stereocenters. The van der Waals surface area contributed by atoms with E-state index in [0.717, 1.165) is 45.2 Å². The van der Waals surface area contributed by atoms with Gasteiger partial charge in [-0.15, -0.1) is 6.58 Å². The number of aliphatic hydroxyl groups is 1. The molecule has 0 bridgehead atoms. The lowest BCUT2D eigenvalue weighted by atomic mass is 9.69. The van der Waals surface area contributed by atoms with Gasteiger partial charge in [0, 0.05) is 36.1 Å². The van der Waals surface area contributed by atoms with Crippen LogP contribution in [-0.2, 0) is 12.0 Å². The zero-order valence-corrected chi connectivity index (χ0v) is 17.6. The quantitative estimate of drug-likeness (QED) is 0.545. The lowest BCUT2D eigenvalue weighted by molar-refractivity contribution is 0.0833. The van der Waals surface area contributed by atoms with Crippen molar-refractivity contribution in [2.45, 2.75) is 37.0 Å². The fraction of sp³-hybridized carbons (Fsp3) is 0.450. The number of nitrogens with one attached hydrogen (secondary N) is 1. The van der Waals surface area contributed by atoms with E-state index in [4.69, 9.17) is 21.7 Å². The fourth-order valence-corrected chi connectivity index (χ4v) is 5.18. The highest BCUT2D eigenvalue weighted by Gasteiger charge is 2.53. The molecule has 3 aliphatic rings. The van der Waals surface area contributed by atoms with Crippen molar-refractivity contribution >= 4 is 33.3 Å². The molecule has 0 saturated carbocycles. The Morgan fingerprint density at radius 3 is 3.19 bits per heavy atom. The summed E-state index contributed by atoms with van der Waals surface area (Å²) in [5.74, 6) is 1.52. The molecule has 4 rings (SSSR count). The van der Waals surface area contributed by atoms with Gasteiger partial charge in [0.05, 0.1) is 18.6 Å². The largest absolute Gasteiger partial charge is 0.493 e. The standard InChI is InChI=1S/C20H23BrN2O3S/c1-3-7-22-19(27)23-8-6-20-5-4-12(24)9-16(20)26-18-15(25-2)10-14(21)13(11-23)17(18)20/h3-5,10,12,16,24H,1,6-9,11H2,2H3,(H,22,27)/t12-,16+,20+/m1/s1. The van der Waals surface area contributed by atoms with Crippen LogP contribution in [0, 0.1) is 0 Å². The highest BCUT2D eigenvalue weighted by atomic mass is 79.9. The first-order chi connectivity index (χ1) is 13.0. The Morgan fingerprint density at radius 1 is 1.63 bits per heavy atom. The summed E-state index contributed by atoms with van der Waals surface area (Å²) in [6, 6.07) is 1.96. The Morgan fingerprint density at radius 2 is 2.44 bits per heavy atom. The topological polar surface area (TPSA) is 54.0 Å². The number of methoxy groups -OCH3 is 1. The van der Waals surface area contributed by atoms with Gasteiger partial charge in [0.1, 0.15) is 6.10 Å². The molecule has 27 heavy (non-hydrogen) atoms. The summed E-state index contributed by atoms with van der Waals surface area (Å²) in [5.41, 5.74) is 2.05. The number of halogens is 1. The average molecular weight is 451 g/mol. The molecule has 1 aliphatic carbocycles. The molecular formula is C20H23BrN2O3S. The molecule has 1 aromatic rings. The average Bonchev–Trinajstić information content (AvgIpc) is 2.87. The Bertz CT molecular complexity index is 828. The van der Waals surface area contributed by atoms with Crippen LogP contribution in [0.5, 0.6) is 11.5 Å². The minimum Gasteiger partial charge on any atom is -0.493 e. The Kier molecular flexibility index (Phi) is 4.94. The summed E-state index contributed by atoms with van der Waals surface area (Å²) in [6.45, 7) is 5.87. The normalized spacial score (nSPS) is 27.9. The molecule has 0 aromatic heterocycles. The predicted octanol–water partition coefficient (Wildman–Crippen LogP) is 3.04. The van der Waals surface area contributed by atoms with Gasteiger partial charge in [0.25, 0.3) is 0 Å². The first kappa shape index (κ1) is 18.8. The molecule has 0 amide bonds. The number of aliphatic hydroxyl groups excluding tert-OH is 1. The van der Waals surface area contributed by atoms with Gasteiger partial charge in [-0.2, -0.15) is 0 Å². The lowest BCUT2D eigenvalue weighted by Gasteiger charge is -2.36. The second-order valence-electron chi connectivity index (χ2n) is 7.20. The number of nitrogens with zero attached hydrogens (tertiary/aromatic N) is 1. The predicted molar refractivity (Wildman–Crippen MR) is 112 cm³/mol. The van der Waals surface area contributed by atoms with Gasteiger partial charge in [-0.05, 0) is 30.3 Å². The van der Waals surface area contributed by atoms with Crippen LogP contribution < -0.4 is 14.8 Å². The fourth-order valence-electron chi connectivity index (χ4n) is 4.40. The highest BCUT2D eigenvalue weighted by molar-refractivity contribution is 9.10. The maximum atomic E-state index is 10.2. The van der Waals surface area contributed by atoms with Crippen molar-refractivity contribution in [1.82, 2.24) is 10.2 Å². The van der Waals surface area contributed by atoms with Crippen LogP contribution in [0.3, 0.4) is 0 Å². The molecule has 2 aliphatic heterocycles. The summed E-state index contributed by atoms with van der Waals surface area (Å²) in [6.07, 6.45) is 6.68. The van der Waals surface area contributed by atoms with Crippen molar-refractivity contribution in [2.24, 2.45) is 0 Å². The third-order valence-corrected chi connectivity index (χ3v) is 6.83. The maximum Gasteiger partial charge on any atom is 0.169 e. The van der Waals surface area contributed by atoms with E-state index < -0.39 is 6.10 Å². The molecule has 144 valence electrons. The molecule has 0 radical (unpaired) electrons.